The van der Waals surface area contributed by atoms with Crippen molar-refractivity contribution in [1.29, 1.82) is 0 Å². The maximum atomic E-state index is 12.7. The van der Waals surface area contributed by atoms with Crippen LogP contribution in [0.1, 0.15) is 27.8 Å². The lowest BCUT2D eigenvalue weighted by molar-refractivity contribution is -0.141. The molecule has 0 saturated carbocycles. The van der Waals surface area contributed by atoms with E-state index in [9.17, 15) is 18.0 Å². The van der Waals surface area contributed by atoms with E-state index in [1.165, 1.54) is 26.2 Å². The van der Waals surface area contributed by atoms with Crippen molar-refractivity contribution < 1.29 is 27.1 Å². The van der Waals surface area contributed by atoms with E-state index in [4.69, 9.17) is 9.15 Å². The maximum Gasteiger partial charge on any atom is 0.433 e. The molecule has 9 heteroatoms. The number of hydrogen-bond donors (Lipinski definition) is 1. The lowest BCUT2D eigenvalue weighted by Gasteiger charge is -2.09. The van der Waals surface area contributed by atoms with Gasteiger partial charge in [0.1, 0.15) is 11.5 Å². The highest BCUT2D eigenvalue weighted by atomic mass is 19.4. The number of methoxy groups -OCH3 is 1. The first-order valence-electron chi connectivity index (χ1n) is 6.63. The second kappa shape index (κ2) is 6.67. The van der Waals surface area contributed by atoms with Gasteiger partial charge in [0.2, 0.25) is 0 Å². The Bertz CT molecular complexity index is 698. The molecule has 0 saturated heterocycles. The summed E-state index contributed by atoms with van der Waals surface area (Å²) in [7, 11) is 1.40. The number of amides is 1. The Morgan fingerprint density at radius 1 is 1.35 bits per heavy atom. The highest BCUT2D eigenvalue weighted by Crippen LogP contribution is 2.27. The van der Waals surface area contributed by atoms with Crippen molar-refractivity contribution in [2.24, 2.45) is 0 Å². The van der Waals surface area contributed by atoms with Crippen LogP contribution in [0.5, 0.6) is 5.95 Å². The van der Waals surface area contributed by atoms with Gasteiger partial charge < -0.3 is 14.5 Å². The molecule has 2 aromatic rings. The lowest BCUT2D eigenvalue weighted by atomic mass is 10.3. The largest absolute Gasteiger partial charge is 0.468 e. The summed E-state index contributed by atoms with van der Waals surface area (Å²) >= 11 is 0. The van der Waals surface area contributed by atoms with Gasteiger partial charge in [-0.15, -0.1) is 0 Å². The first-order chi connectivity index (χ1) is 10.8. The minimum absolute atomic E-state index is 0.00894. The van der Waals surface area contributed by atoms with Crippen molar-refractivity contribution in [2.75, 3.05) is 13.7 Å². The lowest BCUT2D eigenvalue weighted by Crippen LogP contribution is -2.26. The molecule has 0 unspecified atom stereocenters. The van der Waals surface area contributed by atoms with E-state index in [0.29, 0.717) is 0 Å². The Morgan fingerprint density at radius 3 is 2.70 bits per heavy atom. The molecular weight excluding hydrogens is 315 g/mol. The van der Waals surface area contributed by atoms with Crippen LogP contribution in [0.25, 0.3) is 0 Å². The van der Waals surface area contributed by atoms with Crippen LogP contribution in [-0.4, -0.2) is 29.5 Å². The molecule has 0 atom stereocenters. The predicted molar refractivity (Wildman–Crippen MR) is 73.1 cm³/mol. The molecule has 0 bridgehead atoms. The Balaban J connectivity index is 1.96. The molecule has 1 amide bonds. The summed E-state index contributed by atoms with van der Waals surface area (Å²) in [5, 5.41) is 2.51. The van der Waals surface area contributed by atoms with Crippen LogP contribution in [-0.2, 0) is 12.6 Å². The molecule has 0 spiro atoms. The summed E-state index contributed by atoms with van der Waals surface area (Å²) in [6.45, 7) is 1.52. The Morgan fingerprint density at radius 2 is 2.09 bits per heavy atom. The topological polar surface area (TPSA) is 77.2 Å². The third kappa shape index (κ3) is 4.44. The highest BCUT2D eigenvalue weighted by Gasteiger charge is 2.33. The van der Waals surface area contributed by atoms with Crippen LogP contribution in [0.2, 0.25) is 0 Å². The third-order valence-electron chi connectivity index (χ3n) is 2.83. The third-order valence-corrected chi connectivity index (χ3v) is 2.83. The zero-order valence-corrected chi connectivity index (χ0v) is 12.4. The number of aromatic nitrogens is 2. The van der Waals surface area contributed by atoms with Crippen molar-refractivity contribution in [3.8, 4) is 5.95 Å². The van der Waals surface area contributed by atoms with Crippen LogP contribution in [0.15, 0.2) is 22.6 Å². The minimum atomic E-state index is -4.53. The molecule has 0 aliphatic carbocycles. The number of ether oxygens (including phenoxy) is 1. The number of carbonyl (C=O) groups is 1. The number of aryl methyl sites for hydroxylation is 1. The van der Waals surface area contributed by atoms with E-state index in [1.54, 1.807) is 0 Å². The zero-order valence-electron chi connectivity index (χ0n) is 12.4. The molecule has 0 aliphatic rings. The second-order valence-electron chi connectivity index (χ2n) is 4.64. The van der Waals surface area contributed by atoms with Crippen molar-refractivity contribution in [1.82, 2.24) is 15.3 Å². The molecule has 124 valence electrons. The number of nitrogens with zero attached hydrogens (tertiary/aromatic N) is 2. The average molecular weight is 329 g/mol. The quantitative estimate of drug-likeness (QED) is 0.911. The smallest absolute Gasteiger partial charge is 0.433 e. The molecule has 23 heavy (non-hydrogen) atoms. The molecule has 0 radical (unpaired) electrons. The van der Waals surface area contributed by atoms with Crippen LogP contribution in [0, 0.1) is 6.92 Å². The normalized spacial score (nSPS) is 11.3. The number of nitrogens with one attached hydrogen (secondary N) is 1. The number of alkyl halides is 3. The SMILES string of the molecule is COc1ccc(C(=O)NCCc2nc(C)cc(C(F)(F)F)n2)o1. The van der Waals surface area contributed by atoms with Crippen LogP contribution in [0.4, 0.5) is 13.2 Å². The zero-order chi connectivity index (χ0) is 17.0. The van der Waals surface area contributed by atoms with E-state index < -0.39 is 17.8 Å². The maximum absolute atomic E-state index is 12.7. The summed E-state index contributed by atoms with van der Waals surface area (Å²) in [4.78, 5) is 19.2. The first-order valence-corrected chi connectivity index (χ1v) is 6.63. The molecule has 2 heterocycles. The first kappa shape index (κ1) is 16.8. The fourth-order valence-electron chi connectivity index (χ4n) is 1.81. The van der Waals surface area contributed by atoms with E-state index in [2.05, 4.69) is 15.3 Å². The van der Waals surface area contributed by atoms with E-state index in [-0.39, 0.29) is 36.2 Å². The van der Waals surface area contributed by atoms with Gasteiger partial charge in [0.25, 0.3) is 11.9 Å². The predicted octanol–water partition coefficient (Wildman–Crippen LogP) is 2.38. The van der Waals surface area contributed by atoms with E-state index in [1.807, 2.05) is 0 Å². The van der Waals surface area contributed by atoms with Gasteiger partial charge in [-0.25, -0.2) is 9.97 Å². The summed E-state index contributed by atoms with van der Waals surface area (Å²) < 4.78 is 47.9. The average Bonchev–Trinajstić information content (AvgIpc) is 2.94. The van der Waals surface area contributed by atoms with Gasteiger partial charge in [0.15, 0.2) is 5.76 Å². The van der Waals surface area contributed by atoms with Crippen LogP contribution >= 0.6 is 0 Å². The fraction of sp³-hybridized carbons (Fsp3) is 0.357. The number of halogens is 3. The molecule has 2 aromatic heterocycles. The van der Waals surface area contributed by atoms with E-state index in [0.717, 1.165) is 6.07 Å². The summed E-state index contributed by atoms with van der Waals surface area (Å²) in [6.07, 6.45) is -4.47. The molecule has 0 aliphatic heterocycles. The summed E-state index contributed by atoms with van der Waals surface area (Å²) in [5.41, 5.74) is -0.786. The molecule has 0 fully saturated rings. The number of carbonyl (C=O) groups excluding carboxylic acids is 1. The fourth-order valence-corrected chi connectivity index (χ4v) is 1.81. The number of hydrogen-bond acceptors (Lipinski definition) is 5. The van der Waals surface area contributed by atoms with Gasteiger partial charge in [-0.1, -0.05) is 0 Å². The van der Waals surface area contributed by atoms with Crippen molar-refractivity contribution in [3.63, 3.8) is 0 Å². The second-order valence-corrected chi connectivity index (χ2v) is 4.64. The van der Waals surface area contributed by atoms with Gasteiger partial charge in [0, 0.05) is 24.7 Å². The Kier molecular flexibility index (Phi) is 4.87. The monoisotopic (exact) mass is 329 g/mol. The summed E-state index contributed by atoms with van der Waals surface area (Å²) in [5.74, 6) is -0.262. The number of rotatable bonds is 5. The minimum Gasteiger partial charge on any atom is -0.468 e. The summed E-state index contributed by atoms with van der Waals surface area (Å²) in [6, 6.07) is 3.78. The van der Waals surface area contributed by atoms with E-state index >= 15 is 0 Å². The molecular formula is C14H14F3N3O3. The standard InChI is InChI=1S/C14H14F3N3O3/c1-8-7-10(14(15,16)17)20-11(19-8)5-6-18-13(21)9-3-4-12(22-2)23-9/h3-4,7H,5-6H2,1-2H3,(H,18,21). The van der Waals surface area contributed by atoms with Gasteiger partial charge in [0.05, 0.1) is 7.11 Å². The van der Waals surface area contributed by atoms with Crippen molar-refractivity contribution >= 4 is 5.91 Å². The van der Waals surface area contributed by atoms with Gasteiger partial charge in [-0.2, -0.15) is 13.2 Å². The highest BCUT2D eigenvalue weighted by molar-refractivity contribution is 5.91. The van der Waals surface area contributed by atoms with Crippen molar-refractivity contribution in [2.45, 2.75) is 19.5 Å². The Labute approximate surface area is 129 Å². The van der Waals surface area contributed by atoms with Crippen LogP contribution < -0.4 is 10.1 Å². The molecule has 2 rings (SSSR count). The van der Waals surface area contributed by atoms with Gasteiger partial charge in [-0.05, 0) is 19.1 Å². The van der Waals surface area contributed by atoms with Crippen molar-refractivity contribution in [3.05, 3.63) is 41.2 Å². The van der Waals surface area contributed by atoms with Crippen LogP contribution in [0.3, 0.4) is 0 Å². The molecule has 6 nitrogen and oxygen atoms in total. The number of furan rings is 1. The Hall–Kier alpha value is -2.58. The van der Waals surface area contributed by atoms with Gasteiger partial charge in [-0.3, -0.25) is 4.79 Å². The molecule has 0 aromatic carbocycles. The molecule has 1 N–H and O–H groups in total. The van der Waals surface area contributed by atoms with Gasteiger partial charge >= 0.3 is 6.18 Å².